The molecule has 0 aliphatic rings. The normalized spacial score (nSPS) is 16.9. The van der Waals surface area contributed by atoms with Crippen molar-refractivity contribution >= 4 is 0 Å². The molecule has 1 unspecified atom stereocenters. The third-order valence-corrected chi connectivity index (χ3v) is 2.40. The number of aliphatic hydroxyl groups excluding tert-OH is 1. The van der Waals surface area contributed by atoms with Gasteiger partial charge in [-0.3, -0.25) is 0 Å². The predicted octanol–water partition coefficient (Wildman–Crippen LogP) is 2.83. The molecule has 1 radical (unpaired) electrons. The Morgan fingerprint density at radius 3 is 2.09 bits per heavy atom. The molecule has 0 bridgehead atoms. The monoisotopic (exact) mass is 159 g/mol. The maximum absolute atomic E-state index is 8.97. The molecule has 67 valence electrons. The second-order valence-corrected chi connectivity index (χ2v) is 3.34. The van der Waals surface area contributed by atoms with Gasteiger partial charge in [-0.25, -0.2) is 0 Å². The predicted molar refractivity (Wildman–Crippen MR) is 45.0 cm³/mol. The summed E-state index contributed by atoms with van der Waals surface area (Å²) >= 11 is 0. The summed E-state index contributed by atoms with van der Waals surface area (Å²) in [4.78, 5) is 0. The Morgan fingerprint density at radius 1 is 1.27 bits per heavy atom. The van der Waals surface area contributed by atoms with Crippen molar-refractivity contribution in [3.63, 3.8) is 0 Å². The van der Waals surface area contributed by atoms with Crippen LogP contribution in [0, 0.1) is 11.7 Å². The summed E-state index contributed by atoms with van der Waals surface area (Å²) in [5.74, 6) is 0. The van der Waals surface area contributed by atoms with Gasteiger partial charge < -0.3 is 10.2 Å². The van der Waals surface area contributed by atoms with Crippen molar-refractivity contribution in [3.8, 4) is 0 Å². The topological polar surface area (TPSA) is 40.5 Å². The Kier molecular flexibility index (Phi) is 4.69. The van der Waals surface area contributed by atoms with Gasteiger partial charge in [0.2, 0.25) is 6.29 Å². The maximum atomic E-state index is 8.97. The van der Waals surface area contributed by atoms with Gasteiger partial charge in [-0.15, -0.1) is 0 Å². The highest BCUT2D eigenvalue weighted by molar-refractivity contribution is 4.85. The van der Waals surface area contributed by atoms with Gasteiger partial charge in [0.15, 0.2) is 0 Å². The van der Waals surface area contributed by atoms with E-state index in [0.29, 0.717) is 0 Å². The molecule has 0 aliphatic carbocycles. The van der Waals surface area contributed by atoms with Crippen LogP contribution in [0.15, 0.2) is 0 Å². The van der Waals surface area contributed by atoms with Crippen LogP contribution in [0.25, 0.3) is 0 Å². The Hall–Kier alpha value is -0.0800. The third-order valence-electron chi connectivity index (χ3n) is 2.40. The van der Waals surface area contributed by atoms with E-state index in [1.807, 2.05) is 13.8 Å². The first-order chi connectivity index (χ1) is 5.06. The van der Waals surface area contributed by atoms with Gasteiger partial charge in [0.1, 0.15) is 0 Å². The summed E-state index contributed by atoms with van der Waals surface area (Å²) in [6.07, 6.45) is 3.39. The van der Waals surface area contributed by atoms with E-state index in [2.05, 4.69) is 6.92 Å². The number of unbranched alkanes of at least 4 members (excludes halogenated alkanes) is 1. The highest BCUT2D eigenvalue weighted by Gasteiger charge is 2.30. The number of hydrogen-bond acceptors (Lipinski definition) is 2. The van der Waals surface area contributed by atoms with Gasteiger partial charge >= 0.3 is 0 Å². The minimum atomic E-state index is -0.409. The van der Waals surface area contributed by atoms with Crippen molar-refractivity contribution in [2.75, 3.05) is 0 Å². The molecule has 0 aliphatic heterocycles. The molecule has 0 fully saturated rings. The van der Waals surface area contributed by atoms with E-state index in [4.69, 9.17) is 10.2 Å². The Morgan fingerprint density at radius 2 is 1.82 bits per heavy atom. The number of aliphatic hydroxyl groups is 2. The van der Waals surface area contributed by atoms with Crippen molar-refractivity contribution in [1.82, 2.24) is 0 Å². The smallest absolute Gasteiger partial charge is 0.224 e. The first-order valence-electron chi connectivity index (χ1n) is 4.32. The molecule has 0 heterocycles. The van der Waals surface area contributed by atoms with Crippen LogP contribution in [0.4, 0.5) is 0 Å². The van der Waals surface area contributed by atoms with Crippen LogP contribution in [0.5, 0.6) is 0 Å². The summed E-state index contributed by atoms with van der Waals surface area (Å²) in [6.45, 7) is 5.96. The summed E-state index contributed by atoms with van der Waals surface area (Å²) in [7, 11) is 0. The molecule has 0 aromatic rings. The fourth-order valence-electron chi connectivity index (χ4n) is 1.01. The van der Waals surface area contributed by atoms with Gasteiger partial charge in [-0.1, -0.05) is 33.6 Å². The van der Waals surface area contributed by atoms with Gasteiger partial charge in [-0.2, -0.15) is 0 Å². The lowest BCUT2D eigenvalue weighted by atomic mass is 9.82. The van der Waals surface area contributed by atoms with Gasteiger partial charge in [0.25, 0.3) is 0 Å². The minimum absolute atomic E-state index is 0.379. The largest absolute Gasteiger partial charge is 0.361 e. The van der Waals surface area contributed by atoms with Gasteiger partial charge in [0, 0.05) is 5.41 Å². The zero-order valence-electron chi connectivity index (χ0n) is 7.72. The molecule has 0 aromatic carbocycles. The van der Waals surface area contributed by atoms with Crippen LogP contribution in [0.2, 0.25) is 0 Å². The van der Waals surface area contributed by atoms with Crippen LogP contribution in [-0.2, 0) is 0 Å². The van der Waals surface area contributed by atoms with E-state index < -0.39 is 6.29 Å². The SMILES string of the molecule is CCCCC(C)(CC)[C](O)O. The second kappa shape index (κ2) is 4.73. The van der Waals surface area contributed by atoms with E-state index in [1.165, 1.54) is 0 Å². The van der Waals surface area contributed by atoms with Crippen LogP contribution < -0.4 is 0 Å². The zero-order valence-corrected chi connectivity index (χ0v) is 7.72. The second-order valence-electron chi connectivity index (χ2n) is 3.34. The molecule has 0 rings (SSSR count). The molecular formula is C9H19O2. The molecule has 0 saturated carbocycles. The molecular weight excluding hydrogens is 140 g/mol. The first-order valence-corrected chi connectivity index (χ1v) is 4.32. The number of rotatable bonds is 5. The molecule has 0 aromatic heterocycles. The summed E-state index contributed by atoms with van der Waals surface area (Å²) < 4.78 is 0. The van der Waals surface area contributed by atoms with Gasteiger partial charge in [-0.05, 0) is 12.8 Å². The molecule has 0 saturated heterocycles. The van der Waals surface area contributed by atoms with Crippen molar-refractivity contribution < 1.29 is 10.2 Å². The quantitative estimate of drug-likeness (QED) is 0.647. The summed E-state index contributed by atoms with van der Waals surface area (Å²) in [6, 6.07) is 0. The van der Waals surface area contributed by atoms with E-state index in [-0.39, 0.29) is 5.41 Å². The molecule has 2 N–H and O–H groups in total. The Balaban J connectivity index is 3.88. The molecule has 1 atom stereocenters. The standard InChI is InChI=1S/C9H19O2/c1-4-6-7-9(3,5-2)8(10)11/h10-11H,4-7H2,1-3H3. The lowest BCUT2D eigenvalue weighted by Crippen LogP contribution is -2.24. The highest BCUT2D eigenvalue weighted by atomic mass is 16.5. The minimum Gasteiger partial charge on any atom is -0.361 e. The molecule has 2 nitrogen and oxygen atoms in total. The number of hydrogen-bond donors (Lipinski definition) is 2. The van der Waals surface area contributed by atoms with Crippen molar-refractivity contribution in [2.24, 2.45) is 5.41 Å². The molecule has 2 heteroatoms. The molecule has 11 heavy (non-hydrogen) atoms. The van der Waals surface area contributed by atoms with E-state index in [9.17, 15) is 0 Å². The van der Waals surface area contributed by atoms with Crippen LogP contribution in [-0.4, -0.2) is 10.2 Å². The van der Waals surface area contributed by atoms with Crippen molar-refractivity contribution in [2.45, 2.75) is 46.5 Å². The van der Waals surface area contributed by atoms with E-state index >= 15 is 0 Å². The third kappa shape index (κ3) is 3.21. The van der Waals surface area contributed by atoms with Crippen molar-refractivity contribution in [3.05, 3.63) is 6.29 Å². The van der Waals surface area contributed by atoms with Crippen LogP contribution in [0.1, 0.15) is 46.5 Å². The van der Waals surface area contributed by atoms with E-state index in [0.717, 1.165) is 25.7 Å². The summed E-state index contributed by atoms with van der Waals surface area (Å²) in [5.41, 5.74) is -0.379. The van der Waals surface area contributed by atoms with Crippen LogP contribution in [0.3, 0.4) is 0 Å². The molecule has 0 spiro atoms. The zero-order chi connectivity index (χ0) is 8.91. The Labute approximate surface area is 69.2 Å². The average Bonchev–Trinajstić information content (AvgIpc) is 2.00. The fraction of sp³-hybridized carbons (Fsp3) is 0.889. The first kappa shape index (κ1) is 10.9. The fourth-order valence-corrected chi connectivity index (χ4v) is 1.01. The van der Waals surface area contributed by atoms with E-state index in [1.54, 1.807) is 0 Å². The molecule has 0 amide bonds. The summed E-state index contributed by atoms with van der Waals surface area (Å²) in [5, 5.41) is 17.9. The Bertz CT molecular complexity index is 102. The van der Waals surface area contributed by atoms with Crippen molar-refractivity contribution in [1.29, 1.82) is 0 Å². The van der Waals surface area contributed by atoms with Crippen LogP contribution >= 0.6 is 0 Å². The lowest BCUT2D eigenvalue weighted by Gasteiger charge is -2.28. The lowest BCUT2D eigenvalue weighted by molar-refractivity contribution is -0.0228. The average molecular weight is 159 g/mol. The maximum Gasteiger partial charge on any atom is 0.224 e. The highest BCUT2D eigenvalue weighted by Crippen LogP contribution is 2.34. The van der Waals surface area contributed by atoms with Gasteiger partial charge in [0.05, 0.1) is 0 Å².